The van der Waals surface area contributed by atoms with Crippen molar-refractivity contribution < 1.29 is 38.5 Å². The van der Waals surface area contributed by atoms with Crippen LogP contribution in [0.15, 0.2) is 79.9 Å². The number of benzene rings is 2. The van der Waals surface area contributed by atoms with Gasteiger partial charge >= 0.3 is 5.97 Å². The van der Waals surface area contributed by atoms with E-state index in [1.807, 2.05) is 6.07 Å². The Bertz CT molecular complexity index is 1580. The molecule has 3 heterocycles. The maximum atomic E-state index is 14.7. The summed E-state index contributed by atoms with van der Waals surface area (Å²) in [5.74, 6) is -4.07. The number of aliphatic hydroxyl groups is 1. The number of likely N-dealkylation sites (tertiary alicyclic amines) is 1. The lowest BCUT2D eigenvalue weighted by Crippen LogP contribution is -2.58. The van der Waals surface area contributed by atoms with Gasteiger partial charge in [0.05, 0.1) is 43.2 Å². The zero-order valence-electron chi connectivity index (χ0n) is 28.1. The number of hydrogen-bond donors (Lipinski definition) is 2. The lowest BCUT2D eigenvalue weighted by atomic mass is 9.70. The first-order valence-corrected chi connectivity index (χ1v) is 17.9. The predicted octanol–water partition coefficient (Wildman–Crippen LogP) is 4.37. The van der Waals surface area contributed by atoms with Crippen molar-refractivity contribution in [2.75, 3.05) is 31.8 Å². The van der Waals surface area contributed by atoms with Crippen molar-refractivity contribution in [3.05, 3.63) is 90.5 Å². The first kappa shape index (κ1) is 37.7. The predicted molar refractivity (Wildman–Crippen MR) is 192 cm³/mol. The number of nitrogens with zero attached hydrogens (tertiary/aromatic N) is 2. The van der Waals surface area contributed by atoms with Crippen molar-refractivity contribution in [1.82, 2.24) is 10.2 Å². The minimum Gasteiger partial charge on any atom is -0.455 e. The van der Waals surface area contributed by atoms with E-state index >= 15 is 0 Å². The molecule has 0 aromatic heterocycles. The second kappa shape index (κ2) is 16.2. The molecule has 13 heteroatoms. The number of halogens is 2. The molecule has 2 bridgehead atoms. The van der Waals surface area contributed by atoms with Gasteiger partial charge in [-0.2, -0.15) is 0 Å². The second-order valence-electron chi connectivity index (χ2n) is 12.9. The topological polar surface area (TPSA) is 135 Å². The van der Waals surface area contributed by atoms with Gasteiger partial charge in [-0.3, -0.25) is 19.2 Å². The molecule has 0 saturated carbocycles. The van der Waals surface area contributed by atoms with Gasteiger partial charge in [0.25, 0.3) is 5.91 Å². The highest BCUT2D eigenvalue weighted by Gasteiger charge is 2.77. The number of ether oxygens (including phenoxy) is 3. The largest absolute Gasteiger partial charge is 0.455 e. The van der Waals surface area contributed by atoms with E-state index in [-0.39, 0.29) is 31.9 Å². The summed E-state index contributed by atoms with van der Waals surface area (Å²) < 4.78 is 18.4. The van der Waals surface area contributed by atoms with Gasteiger partial charge in [0.1, 0.15) is 17.7 Å². The molecule has 50 heavy (non-hydrogen) atoms. The number of carbonyl (C=O) groups is 4. The normalized spacial score (nSPS) is 26.9. The average Bonchev–Trinajstić information content (AvgIpc) is 3.71. The Balaban J connectivity index is 1.53. The van der Waals surface area contributed by atoms with Gasteiger partial charge in [-0.1, -0.05) is 70.0 Å². The lowest BCUT2D eigenvalue weighted by Gasteiger charge is -2.38. The van der Waals surface area contributed by atoms with Crippen molar-refractivity contribution in [1.29, 1.82) is 0 Å². The summed E-state index contributed by atoms with van der Waals surface area (Å²) in [7, 11) is 1.49. The van der Waals surface area contributed by atoms with Crippen LogP contribution in [-0.4, -0.2) is 95.2 Å². The number of fused-ring (bicyclic) bond motifs is 1. The summed E-state index contributed by atoms with van der Waals surface area (Å²) in [5.41, 5.74) is -0.253. The SMILES string of the molecule is C=CCCC(=O)N[C@@H](COC)[C@@H](OC(=O)[C@H]1[C@@H]2O[C@@]3(CC2Br)[C@@H]1C(=O)N([C@H](C)CO)[C@@H]3C(=O)N(CC=C)c1ccc(Cl)cc1)c1ccccc1. The van der Waals surface area contributed by atoms with Crippen LogP contribution in [0.5, 0.6) is 0 Å². The van der Waals surface area contributed by atoms with Gasteiger partial charge < -0.3 is 34.4 Å². The maximum Gasteiger partial charge on any atom is 0.313 e. The number of rotatable bonds is 16. The Hall–Kier alpha value is -3.55. The average molecular weight is 773 g/mol. The number of esters is 1. The van der Waals surface area contributed by atoms with Crippen LogP contribution in [0.25, 0.3) is 0 Å². The first-order valence-electron chi connectivity index (χ1n) is 16.6. The second-order valence-corrected chi connectivity index (χ2v) is 14.5. The van der Waals surface area contributed by atoms with Crippen LogP contribution in [0.3, 0.4) is 0 Å². The molecule has 2 aromatic rings. The molecule has 5 rings (SSSR count). The van der Waals surface area contributed by atoms with Crippen molar-refractivity contribution in [3.8, 4) is 0 Å². The molecular formula is C37H43BrClN3O8. The Morgan fingerprint density at radius 2 is 1.88 bits per heavy atom. The fourth-order valence-corrected chi connectivity index (χ4v) is 8.59. The number of methoxy groups -OCH3 is 1. The summed E-state index contributed by atoms with van der Waals surface area (Å²) in [6.07, 6.45) is 2.37. The summed E-state index contributed by atoms with van der Waals surface area (Å²) in [6, 6.07) is 13.0. The number of amides is 3. The smallest absolute Gasteiger partial charge is 0.313 e. The molecule has 1 unspecified atom stereocenters. The number of alkyl halides is 1. The van der Waals surface area contributed by atoms with Crippen molar-refractivity contribution >= 4 is 56.9 Å². The molecule has 11 nitrogen and oxygen atoms in total. The maximum absolute atomic E-state index is 14.7. The van der Waals surface area contributed by atoms with E-state index in [2.05, 4.69) is 34.4 Å². The molecule has 268 valence electrons. The fourth-order valence-electron chi connectivity index (χ4n) is 7.52. The van der Waals surface area contributed by atoms with E-state index in [1.54, 1.807) is 67.6 Å². The van der Waals surface area contributed by atoms with Crippen molar-refractivity contribution in [2.45, 2.75) is 66.9 Å². The number of aliphatic hydroxyl groups excluding tert-OH is 1. The van der Waals surface area contributed by atoms with Crippen molar-refractivity contribution in [3.63, 3.8) is 0 Å². The third-order valence-corrected chi connectivity index (χ3v) is 10.8. The Morgan fingerprint density at radius 1 is 1.18 bits per heavy atom. The molecule has 3 aliphatic heterocycles. The van der Waals surface area contributed by atoms with Crippen LogP contribution < -0.4 is 10.2 Å². The van der Waals surface area contributed by atoms with E-state index in [9.17, 15) is 24.3 Å². The highest BCUT2D eigenvalue weighted by molar-refractivity contribution is 9.09. The van der Waals surface area contributed by atoms with E-state index in [4.69, 9.17) is 25.8 Å². The fraction of sp³-hybridized carbons (Fsp3) is 0.459. The van der Waals surface area contributed by atoms with Gasteiger partial charge in [0.2, 0.25) is 11.8 Å². The number of nitrogens with one attached hydrogen (secondary N) is 1. The van der Waals surface area contributed by atoms with E-state index < -0.39 is 77.0 Å². The quantitative estimate of drug-likeness (QED) is 0.146. The summed E-state index contributed by atoms with van der Waals surface area (Å²) in [5, 5.41) is 13.7. The van der Waals surface area contributed by atoms with Crippen LogP contribution >= 0.6 is 27.5 Å². The first-order chi connectivity index (χ1) is 24.0. The summed E-state index contributed by atoms with van der Waals surface area (Å²) >= 11 is 9.84. The molecule has 3 aliphatic rings. The van der Waals surface area contributed by atoms with Gasteiger partial charge in [-0.05, 0) is 49.6 Å². The van der Waals surface area contributed by atoms with Crippen molar-refractivity contribution in [2.24, 2.45) is 11.8 Å². The van der Waals surface area contributed by atoms with E-state index in [0.29, 0.717) is 22.7 Å². The number of hydrogen-bond acceptors (Lipinski definition) is 8. The molecule has 3 fully saturated rings. The van der Waals surface area contributed by atoms with Gasteiger partial charge in [-0.15, -0.1) is 13.2 Å². The van der Waals surface area contributed by atoms with Gasteiger partial charge in [0.15, 0.2) is 0 Å². The molecule has 3 amide bonds. The standard InChI is InChI=1S/C37H43BrClN3O8/c1-5-7-13-28(44)40-27(21-48-4)31(23-11-9-8-10-12-23)49-36(47)29-30-34(45)42(22(3)20-43)33(37(30)19-26(38)32(29)50-37)35(46)41(18-6-2)25-16-14-24(39)15-17-25/h5-6,8-12,14-17,22,26-27,29-33,43H,1-2,7,13,18-21H2,3-4H3,(H,40,44)/t22-,26?,27+,29-,30+,31+,32-,33-,37+/m1/s1. The minimum absolute atomic E-state index is 0.0346. The Kier molecular flexibility index (Phi) is 12.2. The zero-order chi connectivity index (χ0) is 36.2. The molecular weight excluding hydrogens is 730 g/mol. The van der Waals surface area contributed by atoms with E-state index in [1.165, 1.54) is 16.9 Å². The molecule has 2 aromatic carbocycles. The lowest BCUT2D eigenvalue weighted by molar-refractivity contribution is -0.163. The van der Waals surface area contributed by atoms with Crippen LogP contribution in [0.4, 0.5) is 5.69 Å². The minimum atomic E-state index is -1.40. The number of anilines is 1. The molecule has 0 aliphatic carbocycles. The van der Waals surface area contributed by atoms with E-state index in [0.717, 1.165) is 0 Å². The third-order valence-electron chi connectivity index (χ3n) is 9.69. The molecule has 1 spiro atoms. The monoisotopic (exact) mass is 771 g/mol. The van der Waals surface area contributed by atoms with Gasteiger partial charge in [-0.25, -0.2) is 0 Å². The Morgan fingerprint density at radius 3 is 2.50 bits per heavy atom. The molecule has 2 N–H and O–H groups in total. The van der Waals surface area contributed by atoms with Crippen LogP contribution in [0.1, 0.15) is 37.9 Å². The summed E-state index contributed by atoms with van der Waals surface area (Å²) in [4.78, 5) is 59.0. The number of carbonyl (C=O) groups excluding carboxylic acids is 4. The van der Waals surface area contributed by atoms with Crippen LogP contribution in [0.2, 0.25) is 5.02 Å². The zero-order valence-corrected chi connectivity index (χ0v) is 30.4. The highest BCUT2D eigenvalue weighted by Crippen LogP contribution is 2.61. The van der Waals surface area contributed by atoms with Crippen LogP contribution in [0, 0.1) is 11.8 Å². The summed E-state index contributed by atoms with van der Waals surface area (Å²) in [6.45, 7) is 8.90. The highest BCUT2D eigenvalue weighted by atomic mass is 79.9. The third kappa shape index (κ3) is 7.13. The van der Waals surface area contributed by atoms with Crippen LogP contribution in [-0.2, 0) is 33.4 Å². The Labute approximate surface area is 305 Å². The molecule has 9 atom stereocenters. The molecule has 3 saturated heterocycles. The number of allylic oxidation sites excluding steroid dienone is 1. The van der Waals surface area contributed by atoms with Gasteiger partial charge in [0, 0.05) is 35.6 Å². The molecule has 0 radical (unpaired) electrons.